The Balaban J connectivity index is 2.38. The van der Waals surface area contributed by atoms with Gasteiger partial charge in [-0.15, -0.1) is 0 Å². The van der Waals surface area contributed by atoms with Gasteiger partial charge in [0, 0.05) is 6.42 Å². The number of nitrogens with zero attached hydrogens (tertiary/aromatic N) is 2. The summed E-state index contributed by atoms with van der Waals surface area (Å²) < 4.78 is 12.9. The zero-order chi connectivity index (χ0) is 11.0. The molecular weight excluding hydrogens is 193 g/mol. The topological polar surface area (TPSA) is 41.6 Å². The third-order valence-electron chi connectivity index (χ3n) is 2.56. The smallest absolute Gasteiger partial charge is 0.123 e. The van der Waals surface area contributed by atoms with Crippen molar-refractivity contribution in [1.82, 2.24) is 0 Å². The van der Waals surface area contributed by atoms with Crippen molar-refractivity contribution in [2.24, 2.45) is 10.8 Å². The summed E-state index contributed by atoms with van der Waals surface area (Å²) in [6.07, 6.45) is 0.761. The van der Waals surface area contributed by atoms with Crippen molar-refractivity contribution in [3.05, 3.63) is 29.6 Å². The Bertz CT molecular complexity index is 414. The fraction of sp³-hybridized carbons (Fsp3) is 0.364. The van der Waals surface area contributed by atoms with Crippen LogP contribution >= 0.6 is 0 Å². The maximum Gasteiger partial charge on any atom is 0.123 e. The summed E-state index contributed by atoms with van der Waals surface area (Å²) in [7, 11) is 0. The van der Waals surface area contributed by atoms with Crippen LogP contribution in [0.25, 0.3) is 0 Å². The van der Waals surface area contributed by atoms with Crippen LogP contribution in [0, 0.1) is 12.7 Å². The van der Waals surface area contributed by atoms with E-state index in [2.05, 4.69) is 5.10 Å². The first-order chi connectivity index (χ1) is 7.08. The van der Waals surface area contributed by atoms with Gasteiger partial charge < -0.3 is 5.73 Å². The molecule has 1 aliphatic heterocycles. The van der Waals surface area contributed by atoms with E-state index in [0.29, 0.717) is 5.84 Å². The Hall–Kier alpha value is -1.58. The summed E-state index contributed by atoms with van der Waals surface area (Å²) in [5.74, 6) is 0.409. The van der Waals surface area contributed by atoms with Crippen LogP contribution in [0.3, 0.4) is 0 Å². The molecule has 3 nitrogen and oxygen atoms in total. The lowest BCUT2D eigenvalue weighted by Gasteiger charge is -2.21. The number of halogens is 1. The van der Waals surface area contributed by atoms with E-state index < -0.39 is 0 Å². The number of hydrogen-bond donors (Lipinski definition) is 1. The van der Waals surface area contributed by atoms with Gasteiger partial charge in [-0.1, -0.05) is 0 Å². The van der Waals surface area contributed by atoms with Crippen molar-refractivity contribution in [1.29, 1.82) is 0 Å². The van der Waals surface area contributed by atoms with Crippen molar-refractivity contribution in [2.75, 3.05) is 5.01 Å². The molecular formula is C11H14FN3. The third kappa shape index (κ3) is 1.79. The number of rotatable bonds is 1. The molecule has 2 N–H and O–H groups in total. The summed E-state index contributed by atoms with van der Waals surface area (Å²) >= 11 is 0. The van der Waals surface area contributed by atoms with E-state index in [4.69, 9.17) is 5.73 Å². The molecule has 0 fully saturated rings. The number of benzene rings is 1. The zero-order valence-electron chi connectivity index (χ0n) is 8.87. The van der Waals surface area contributed by atoms with Gasteiger partial charge in [-0.25, -0.2) is 4.39 Å². The van der Waals surface area contributed by atoms with Gasteiger partial charge in [0.05, 0.1) is 11.7 Å². The van der Waals surface area contributed by atoms with Crippen LogP contribution in [0.2, 0.25) is 0 Å². The fourth-order valence-corrected chi connectivity index (χ4v) is 1.83. The van der Waals surface area contributed by atoms with Gasteiger partial charge in [0.1, 0.15) is 11.7 Å². The molecule has 0 aliphatic carbocycles. The lowest BCUT2D eigenvalue weighted by Crippen LogP contribution is -2.23. The molecule has 0 saturated carbocycles. The Morgan fingerprint density at radius 2 is 2.27 bits per heavy atom. The minimum atomic E-state index is -0.222. The van der Waals surface area contributed by atoms with Gasteiger partial charge in [0.2, 0.25) is 0 Å². The van der Waals surface area contributed by atoms with Crippen molar-refractivity contribution in [3.63, 3.8) is 0 Å². The number of amidine groups is 1. The van der Waals surface area contributed by atoms with Crippen LogP contribution in [0.4, 0.5) is 10.1 Å². The molecule has 0 saturated heterocycles. The largest absolute Gasteiger partial charge is 0.386 e. The summed E-state index contributed by atoms with van der Waals surface area (Å²) in [5.41, 5.74) is 7.46. The standard InChI is InChI=1S/C11H14FN3/c1-7-5-9(12)3-4-10(7)15-8(2)6-11(13)14-15/h3-5,8H,6H2,1-2H3,(H2,13,14). The van der Waals surface area contributed by atoms with Crippen LogP contribution < -0.4 is 10.7 Å². The molecule has 1 unspecified atom stereocenters. The first-order valence-electron chi connectivity index (χ1n) is 4.96. The normalized spacial score (nSPS) is 20.6. The van der Waals surface area contributed by atoms with Crippen LogP contribution in [-0.4, -0.2) is 11.9 Å². The summed E-state index contributed by atoms with van der Waals surface area (Å²) in [4.78, 5) is 0. The van der Waals surface area contributed by atoms with Gasteiger partial charge in [-0.3, -0.25) is 5.01 Å². The highest BCUT2D eigenvalue weighted by Crippen LogP contribution is 2.27. The van der Waals surface area contributed by atoms with Gasteiger partial charge in [-0.05, 0) is 37.6 Å². The fourth-order valence-electron chi connectivity index (χ4n) is 1.83. The van der Waals surface area contributed by atoms with E-state index in [0.717, 1.165) is 17.7 Å². The van der Waals surface area contributed by atoms with Gasteiger partial charge in [-0.2, -0.15) is 5.10 Å². The SMILES string of the molecule is Cc1cc(F)ccc1N1N=C(N)CC1C. The lowest BCUT2D eigenvalue weighted by molar-refractivity contribution is 0.625. The zero-order valence-corrected chi connectivity index (χ0v) is 8.87. The number of hydrogen-bond acceptors (Lipinski definition) is 3. The summed E-state index contributed by atoms with van der Waals surface area (Å²) in [5, 5.41) is 6.09. The predicted octanol–water partition coefficient (Wildman–Crippen LogP) is 2.00. The molecule has 0 amide bonds. The van der Waals surface area contributed by atoms with E-state index in [1.807, 2.05) is 18.9 Å². The first kappa shape index (κ1) is 9.96. The monoisotopic (exact) mass is 207 g/mol. The molecule has 0 aromatic heterocycles. The molecule has 1 aliphatic rings. The van der Waals surface area contributed by atoms with E-state index in [-0.39, 0.29) is 11.9 Å². The minimum Gasteiger partial charge on any atom is -0.386 e. The second-order valence-electron chi connectivity index (χ2n) is 3.92. The average molecular weight is 207 g/mol. The Labute approximate surface area is 88.4 Å². The van der Waals surface area contributed by atoms with Crippen LogP contribution in [0.5, 0.6) is 0 Å². The van der Waals surface area contributed by atoms with Gasteiger partial charge in [0.25, 0.3) is 0 Å². The van der Waals surface area contributed by atoms with Crippen molar-refractivity contribution in [3.8, 4) is 0 Å². The highest BCUT2D eigenvalue weighted by atomic mass is 19.1. The summed E-state index contributed by atoms with van der Waals surface area (Å²) in [6.45, 7) is 3.92. The number of hydrazone groups is 1. The quantitative estimate of drug-likeness (QED) is 0.765. The Morgan fingerprint density at radius 1 is 1.53 bits per heavy atom. The first-order valence-corrected chi connectivity index (χ1v) is 4.96. The molecule has 1 aromatic rings. The number of nitrogens with two attached hydrogens (primary N) is 1. The van der Waals surface area contributed by atoms with E-state index >= 15 is 0 Å². The second-order valence-corrected chi connectivity index (χ2v) is 3.92. The Kier molecular flexibility index (Phi) is 2.34. The van der Waals surface area contributed by atoms with Gasteiger partial charge >= 0.3 is 0 Å². The van der Waals surface area contributed by atoms with Gasteiger partial charge in [0.15, 0.2) is 0 Å². The molecule has 2 rings (SSSR count). The molecule has 15 heavy (non-hydrogen) atoms. The predicted molar refractivity (Wildman–Crippen MR) is 59.3 cm³/mol. The Morgan fingerprint density at radius 3 is 2.80 bits per heavy atom. The molecule has 1 heterocycles. The molecule has 0 bridgehead atoms. The van der Waals surface area contributed by atoms with Crippen molar-refractivity contribution in [2.45, 2.75) is 26.3 Å². The highest BCUT2D eigenvalue weighted by Gasteiger charge is 2.23. The lowest BCUT2D eigenvalue weighted by atomic mass is 10.1. The number of anilines is 1. The molecule has 1 aromatic carbocycles. The van der Waals surface area contributed by atoms with E-state index in [9.17, 15) is 4.39 Å². The highest BCUT2D eigenvalue weighted by molar-refractivity contribution is 5.85. The minimum absolute atomic E-state index is 0.222. The van der Waals surface area contributed by atoms with E-state index in [1.54, 1.807) is 6.07 Å². The molecule has 80 valence electrons. The van der Waals surface area contributed by atoms with Crippen molar-refractivity contribution >= 4 is 11.5 Å². The molecule has 0 radical (unpaired) electrons. The molecule has 4 heteroatoms. The maximum absolute atomic E-state index is 12.9. The van der Waals surface area contributed by atoms with Crippen LogP contribution in [0.15, 0.2) is 23.3 Å². The average Bonchev–Trinajstić information content (AvgIpc) is 2.45. The third-order valence-corrected chi connectivity index (χ3v) is 2.56. The van der Waals surface area contributed by atoms with E-state index in [1.165, 1.54) is 12.1 Å². The second kappa shape index (κ2) is 3.53. The van der Waals surface area contributed by atoms with Crippen molar-refractivity contribution < 1.29 is 4.39 Å². The molecule has 0 spiro atoms. The summed E-state index contributed by atoms with van der Waals surface area (Å²) in [6, 6.07) is 4.93. The van der Waals surface area contributed by atoms with Crippen LogP contribution in [-0.2, 0) is 0 Å². The number of aryl methyl sites for hydroxylation is 1. The van der Waals surface area contributed by atoms with Crippen LogP contribution in [0.1, 0.15) is 18.9 Å². The maximum atomic E-state index is 12.9. The molecule has 1 atom stereocenters.